The zero-order valence-corrected chi connectivity index (χ0v) is 8.12. The third-order valence-electron chi connectivity index (χ3n) is 1.60. The highest BCUT2D eigenvalue weighted by molar-refractivity contribution is 5.83. The lowest BCUT2D eigenvalue weighted by Gasteiger charge is -1.96. The molecule has 5 heteroatoms. The zero-order chi connectivity index (χ0) is 11.1. The number of aromatic hydroxyl groups is 1. The number of carbonyl (C=O) groups excluding carboxylic acids is 1. The highest BCUT2D eigenvalue weighted by Gasteiger charge is 1.97. The Morgan fingerprint density at radius 3 is 2.80 bits per heavy atom. The predicted octanol–water partition coefficient (Wildman–Crippen LogP) is 1.12. The molecule has 0 aliphatic carbocycles. The smallest absolute Gasteiger partial charge is 0.292 e. The topological polar surface area (TPSA) is 72.3 Å². The molecular formula is C10H10N2O3. The van der Waals surface area contributed by atoms with Crippen molar-refractivity contribution in [1.82, 2.24) is 9.97 Å². The highest BCUT2D eigenvalue weighted by Crippen LogP contribution is 2.19. The molecule has 0 radical (unpaired) electrons. The van der Waals surface area contributed by atoms with Gasteiger partial charge < -0.3 is 9.84 Å². The maximum atomic E-state index is 9.27. The fraction of sp³-hybridized carbons (Fsp3) is 0.100. The molecule has 0 atom stereocenters. The van der Waals surface area contributed by atoms with Crippen LogP contribution in [0, 0.1) is 0 Å². The first-order chi connectivity index (χ1) is 7.29. The van der Waals surface area contributed by atoms with Crippen LogP contribution in [0.15, 0.2) is 30.7 Å². The number of fused-ring (bicyclic) bond motifs is 1. The summed E-state index contributed by atoms with van der Waals surface area (Å²) in [6.07, 6.45) is 4.70. The van der Waals surface area contributed by atoms with Crippen LogP contribution < -0.4 is 0 Å². The van der Waals surface area contributed by atoms with Gasteiger partial charge in [0.2, 0.25) is 0 Å². The van der Waals surface area contributed by atoms with Crippen molar-refractivity contribution < 1.29 is 14.6 Å². The lowest BCUT2D eigenvalue weighted by molar-refractivity contribution is -0.126. The normalized spacial score (nSPS) is 8.87. The molecular weight excluding hydrogens is 196 g/mol. The fourth-order valence-corrected chi connectivity index (χ4v) is 0.985. The van der Waals surface area contributed by atoms with Gasteiger partial charge in [-0.15, -0.1) is 0 Å². The van der Waals surface area contributed by atoms with Gasteiger partial charge in [-0.25, -0.2) is 0 Å². The van der Waals surface area contributed by atoms with Crippen molar-refractivity contribution in [3.63, 3.8) is 0 Å². The van der Waals surface area contributed by atoms with Crippen molar-refractivity contribution in [3.8, 4) is 5.75 Å². The van der Waals surface area contributed by atoms with E-state index in [1.54, 1.807) is 24.5 Å². The van der Waals surface area contributed by atoms with Crippen LogP contribution in [0.1, 0.15) is 0 Å². The molecule has 5 nitrogen and oxygen atoms in total. The molecule has 0 aliphatic rings. The maximum Gasteiger partial charge on any atom is 0.292 e. The summed E-state index contributed by atoms with van der Waals surface area (Å²) in [5.41, 5.74) is 0.715. The molecule has 0 spiro atoms. The molecule has 2 heterocycles. The second-order valence-electron chi connectivity index (χ2n) is 2.56. The van der Waals surface area contributed by atoms with Crippen LogP contribution in [0.4, 0.5) is 0 Å². The monoisotopic (exact) mass is 206 g/mol. The Labute approximate surface area is 86.4 Å². The summed E-state index contributed by atoms with van der Waals surface area (Å²) in [5.74, 6) is 0.176. The molecule has 0 bridgehead atoms. The number of hydrogen-bond acceptors (Lipinski definition) is 5. The summed E-state index contributed by atoms with van der Waals surface area (Å²) in [6.45, 7) is 0.375. The number of hydrogen-bond donors (Lipinski definition) is 1. The van der Waals surface area contributed by atoms with Crippen LogP contribution in [-0.2, 0) is 9.53 Å². The molecule has 15 heavy (non-hydrogen) atoms. The number of carbonyl (C=O) groups is 1. The van der Waals surface area contributed by atoms with Crippen molar-refractivity contribution in [2.75, 3.05) is 7.11 Å². The van der Waals surface area contributed by atoms with E-state index in [0.717, 1.165) is 5.39 Å². The van der Waals surface area contributed by atoms with Crippen molar-refractivity contribution in [1.29, 1.82) is 0 Å². The summed E-state index contributed by atoms with van der Waals surface area (Å²) >= 11 is 0. The molecule has 2 aromatic heterocycles. The van der Waals surface area contributed by atoms with Crippen LogP contribution in [0.25, 0.3) is 10.9 Å². The van der Waals surface area contributed by atoms with Crippen LogP contribution in [0.2, 0.25) is 0 Å². The van der Waals surface area contributed by atoms with Gasteiger partial charge in [-0.1, -0.05) is 0 Å². The molecule has 0 saturated carbocycles. The van der Waals surface area contributed by atoms with Gasteiger partial charge in [0.1, 0.15) is 5.75 Å². The Morgan fingerprint density at radius 2 is 2.20 bits per heavy atom. The Bertz CT molecular complexity index is 440. The fourth-order valence-electron chi connectivity index (χ4n) is 0.985. The van der Waals surface area contributed by atoms with Gasteiger partial charge in [0.25, 0.3) is 6.47 Å². The first-order valence-electron chi connectivity index (χ1n) is 4.13. The van der Waals surface area contributed by atoms with E-state index in [2.05, 4.69) is 14.7 Å². The summed E-state index contributed by atoms with van der Waals surface area (Å²) in [6, 6.07) is 3.58. The van der Waals surface area contributed by atoms with Gasteiger partial charge in [-0.2, -0.15) is 0 Å². The van der Waals surface area contributed by atoms with E-state index in [4.69, 9.17) is 4.79 Å². The summed E-state index contributed by atoms with van der Waals surface area (Å²) < 4.78 is 3.86. The van der Waals surface area contributed by atoms with Gasteiger partial charge in [-0.05, 0) is 12.1 Å². The number of ether oxygens (including phenoxy) is 1. The van der Waals surface area contributed by atoms with Gasteiger partial charge in [-0.3, -0.25) is 14.8 Å². The number of nitrogens with zero attached hydrogens (tertiary/aromatic N) is 2. The standard InChI is InChI=1S/C8H6N2O.C2H4O2/c11-8-5-9-4-7-6(8)2-1-3-10-7;1-4-2-3/h1-5,11H;2H,1H3. The third kappa shape index (κ3) is 2.91. The second-order valence-corrected chi connectivity index (χ2v) is 2.56. The number of rotatable bonds is 1. The van der Waals surface area contributed by atoms with Crippen molar-refractivity contribution in [3.05, 3.63) is 30.7 Å². The molecule has 2 aromatic rings. The van der Waals surface area contributed by atoms with Gasteiger partial charge >= 0.3 is 0 Å². The van der Waals surface area contributed by atoms with E-state index in [9.17, 15) is 5.11 Å². The maximum absolute atomic E-state index is 9.27. The first kappa shape index (κ1) is 10.9. The van der Waals surface area contributed by atoms with Crippen LogP contribution in [0.5, 0.6) is 5.75 Å². The Kier molecular flexibility index (Phi) is 4.03. The number of methoxy groups -OCH3 is 1. The SMILES string of the molecule is COC=O.Oc1cncc2ncccc12. The molecule has 2 rings (SSSR count). The van der Waals surface area contributed by atoms with E-state index in [1.165, 1.54) is 13.3 Å². The first-order valence-corrected chi connectivity index (χ1v) is 4.13. The van der Waals surface area contributed by atoms with Crippen molar-refractivity contribution >= 4 is 17.4 Å². The number of aromatic nitrogens is 2. The predicted molar refractivity (Wildman–Crippen MR) is 54.3 cm³/mol. The van der Waals surface area contributed by atoms with E-state index < -0.39 is 0 Å². The van der Waals surface area contributed by atoms with Crippen LogP contribution in [-0.4, -0.2) is 28.7 Å². The Morgan fingerprint density at radius 1 is 1.47 bits per heavy atom. The number of pyridine rings is 2. The van der Waals surface area contributed by atoms with E-state index >= 15 is 0 Å². The van der Waals surface area contributed by atoms with Crippen molar-refractivity contribution in [2.24, 2.45) is 0 Å². The van der Waals surface area contributed by atoms with Gasteiger partial charge in [0.15, 0.2) is 0 Å². The minimum atomic E-state index is 0.176. The molecule has 0 unspecified atom stereocenters. The molecule has 0 saturated heterocycles. The molecule has 78 valence electrons. The van der Waals surface area contributed by atoms with Gasteiger partial charge in [0, 0.05) is 11.6 Å². The lowest BCUT2D eigenvalue weighted by atomic mass is 10.2. The molecule has 0 amide bonds. The molecule has 0 aromatic carbocycles. The largest absolute Gasteiger partial charge is 0.506 e. The van der Waals surface area contributed by atoms with E-state index in [1.807, 2.05) is 0 Å². The molecule has 0 fully saturated rings. The molecule has 0 aliphatic heterocycles. The Hall–Kier alpha value is -2.17. The van der Waals surface area contributed by atoms with E-state index in [0.29, 0.717) is 12.0 Å². The summed E-state index contributed by atoms with van der Waals surface area (Å²) in [5, 5.41) is 10.0. The average Bonchev–Trinajstić information content (AvgIpc) is 2.30. The van der Waals surface area contributed by atoms with Gasteiger partial charge in [0.05, 0.1) is 25.0 Å². The quantitative estimate of drug-likeness (QED) is 0.708. The minimum Gasteiger partial charge on any atom is -0.506 e. The lowest BCUT2D eigenvalue weighted by Crippen LogP contribution is -1.79. The summed E-state index contributed by atoms with van der Waals surface area (Å²) in [4.78, 5) is 16.8. The molecule has 1 N–H and O–H groups in total. The van der Waals surface area contributed by atoms with E-state index in [-0.39, 0.29) is 5.75 Å². The van der Waals surface area contributed by atoms with Crippen LogP contribution in [0.3, 0.4) is 0 Å². The third-order valence-corrected chi connectivity index (χ3v) is 1.60. The second kappa shape index (κ2) is 5.54. The van der Waals surface area contributed by atoms with Crippen LogP contribution >= 0.6 is 0 Å². The average molecular weight is 206 g/mol. The zero-order valence-electron chi connectivity index (χ0n) is 8.12. The Balaban J connectivity index is 0.000000245. The highest BCUT2D eigenvalue weighted by atomic mass is 16.5. The minimum absolute atomic E-state index is 0.176. The summed E-state index contributed by atoms with van der Waals surface area (Å²) in [7, 11) is 1.31. The van der Waals surface area contributed by atoms with Crippen molar-refractivity contribution in [2.45, 2.75) is 0 Å².